The van der Waals surface area contributed by atoms with E-state index in [4.69, 9.17) is 14.2 Å². The number of ether oxygens (including phenoxy) is 3. The number of hydrogen-bond acceptors (Lipinski definition) is 5. The van der Waals surface area contributed by atoms with E-state index in [1.165, 1.54) is 0 Å². The number of Topliss-reactive ketones (excluding diaryl/α,β-unsaturated/α-hetero) is 1. The molecule has 0 aliphatic carbocycles. The number of fused-ring (bicyclic) bond motifs is 1. The summed E-state index contributed by atoms with van der Waals surface area (Å²) in [4.78, 5) is 22.9. The first-order valence-corrected chi connectivity index (χ1v) is 6.51. The number of esters is 1. The predicted octanol–water partition coefficient (Wildman–Crippen LogP) is 1.92. The molecule has 18 heavy (non-hydrogen) atoms. The van der Waals surface area contributed by atoms with Crippen molar-refractivity contribution in [3.8, 4) is 11.5 Å². The molecule has 0 saturated heterocycles. The van der Waals surface area contributed by atoms with Crippen molar-refractivity contribution in [1.29, 1.82) is 0 Å². The zero-order chi connectivity index (χ0) is 13.1. The first-order valence-electron chi connectivity index (χ1n) is 5.39. The molecule has 1 atom stereocenters. The molecule has 1 aliphatic heterocycles. The van der Waals surface area contributed by atoms with Crippen LogP contribution in [0.15, 0.2) is 18.2 Å². The standard InChI is InChI=1S/C12H11BrO5/c1-2-16-11(15)12-17-9-4-3-7(8(14)6-13)5-10(9)18-12/h3-5,12H,2,6H2,1H3. The van der Waals surface area contributed by atoms with E-state index in [1.807, 2.05) is 0 Å². The molecule has 5 nitrogen and oxygen atoms in total. The molecule has 0 amide bonds. The molecular formula is C12H11BrO5. The lowest BCUT2D eigenvalue weighted by Gasteiger charge is -2.07. The molecule has 2 rings (SSSR count). The van der Waals surface area contributed by atoms with Gasteiger partial charge in [0.1, 0.15) is 0 Å². The van der Waals surface area contributed by atoms with Gasteiger partial charge in [-0.1, -0.05) is 15.9 Å². The van der Waals surface area contributed by atoms with Gasteiger partial charge < -0.3 is 14.2 Å². The van der Waals surface area contributed by atoms with Crippen LogP contribution in [0.4, 0.5) is 0 Å². The van der Waals surface area contributed by atoms with E-state index in [-0.39, 0.29) is 17.7 Å². The van der Waals surface area contributed by atoms with Gasteiger partial charge in [0.15, 0.2) is 17.3 Å². The van der Waals surface area contributed by atoms with E-state index in [0.29, 0.717) is 17.1 Å². The lowest BCUT2D eigenvalue weighted by molar-refractivity contribution is -0.161. The van der Waals surface area contributed by atoms with Crippen molar-refractivity contribution in [2.45, 2.75) is 13.2 Å². The lowest BCUT2D eigenvalue weighted by Crippen LogP contribution is -2.30. The van der Waals surface area contributed by atoms with Crippen molar-refractivity contribution in [2.75, 3.05) is 11.9 Å². The second-order valence-electron chi connectivity index (χ2n) is 3.54. The Labute approximate surface area is 112 Å². The predicted molar refractivity (Wildman–Crippen MR) is 66.2 cm³/mol. The molecule has 0 fully saturated rings. The van der Waals surface area contributed by atoms with Crippen LogP contribution in [0.1, 0.15) is 17.3 Å². The van der Waals surface area contributed by atoms with Gasteiger partial charge in [-0.25, -0.2) is 4.79 Å². The highest BCUT2D eigenvalue weighted by Crippen LogP contribution is 2.35. The highest BCUT2D eigenvalue weighted by atomic mass is 79.9. The van der Waals surface area contributed by atoms with E-state index in [0.717, 1.165) is 0 Å². The van der Waals surface area contributed by atoms with Crippen LogP contribution in [0.2, 0.25) is 0 Å². The molecule has 0 bridgehead atoms. The Morgan fingerprint density at radius 3 is 2.72 bits per heavy atom. The van der Waals surface area contributed by atoms with E-state index in [1.54, 1.807) is 25.1 Å². The van der Waals surface area contributed by atoms with Gasteiger partial charge in [0.25, 0.3) is 0 Å². The number of hydrogen-bond donors (Lipinski definition) is 0. The average Bonchev–Trinajstić information content (AvgIpc) is 2.80. The van der Waals surface area contributed by atoms with Gasteiger partial charge in [-0.3, -0.25) is 4.79 Å². The van der Waals surface area contributed by atoms with Crippen LogP contribution in [0.25, 0.3) is 0 Å². The highest BCUT2D eigenvalue weighted by molar-refractivity contribution is 9.09. The van der Waals surface area contributed by atoms with Gasteiger partial charge in [-0.2, -0.15) is 0 Å². The van der Waals surface area contributed by atoms with Gasteiger partial charge in [-0.05, 0) is 25.1 Å². The van der Waals surface area contributed by atoms with Crippen molar-refractivity contribution in [2.24, 2.45) is 0 Å². The Bertz CT molecular complexity index is 485. The van der Waals surface area contributed by atoms with Crippen molar-refractivity contribution < 1.29 is 23.8 Å². The SMILES string of the molecule is CCOC(=O)C1Oc2ccc(C(=O)CBr)cc2O1. The van der Waals surface area contributed by atoms with Gasteiger partial charge in [0, 0.05) is 5.56 Å². The molecule has 0 radical (unpaired) electrons. The Morgan fingerprint density at radius 2 is 2.06 bits per heavy atom. The smallest absolute Gasteiger partial charge is 0.389 e. The van der Waals surface area contributed by atoms with E-state index >= 15 is 0 Å². The zero-order valence-corrected chi connectivity index (χ0v) is 11.2. The van der Waals surface area contributed by atoms with E-state index < -0.39 is 12.3 Å². The summed E-state index contributed by atoms with van der Waals surface area (Å²) >= 11 is 3.09. The third-order valence-corrected chi connectivity index (χ3v) is 2.84. The van der Waals surface area contributed by atoms with Crippen LogP contribution < -0.4 is 9.47 Å². The number of rotatable bonds is 4. The maximum atomic E-state index is 11.5. The normalized spacial score (nSPS) is 16.4. The van der Waals surface area contributed by atoms with Gasteiger partial charge in [0.2, 0.25) is 0 Å². The van der Waals surface area contributed by atoms with Crippen molar-refractivity contribution in [1.82, 2.24) is 0 Å². The number of alkyl halides is 1. The lowest BCUT2D eigenvalue weighted by atomic mass is 10.1. The van der Waals surface area contributed by atoms with Crippen molar-refractivity contribution in [3.63, 3.8) is 0 Å². The minimum atomic E-state index is -1.09. The molecule has 0 saturated carbocycles. The molecule has 1 aromatic carbocycles. The van der Waals surface area contributed by atoms with Crippen LogP contribution in [0, 0.1) is 0 Å². The molecule has 1 unspecified atom stereocenters. The maximum Gasteiger partial charge on any atom is 0.389 e. The molecule has 0 spiro atoms. The van der Waals surface area contributed by atoms with E-state index in [9.17, 15) is 9.59 Å². The minimum absolute atomic E-state index is 0.0685. The third kappa shape index (κ3) is 2.48. The molecular weight excluding hydrogens is 304 g/mol. The van der Waals surface area contributed by atoms with Crippen LogP contribution >= 0.6 is 15.9 Å². The molecule has 0 aromatic heterocycles. The van der Waals surface area contributed by atoms with Gasteiger partial charge >= 0.3 is 12.3 Å². The number of benzene rings is 1. The monoisotopic (exact) mass is 314 g/mol. The summed E-state index contributed by atoms with van der Waals surface area (Å²) < 4.78 is 15.4. The van der Waals surface area contributed by atoms with Crippen LogP contribution in [-0.4, -0.2) is 30.0 Å². The largest absolute Gasteiger partial charge is 0.460 e. The molecule has 96 valence electrons. The zero-order valence-electron chi connectivity index (χ0n) is 9.64. The maximum absolute atomic E-state index is 11.5. The fraction of sp³-hybridized carbons (Fsp3) is 0.333. The fourth-order valence-corrected chi connectivity index (χ4v) is 1.83. The summed E-state index contributed by atoms with van der Waals surface area (Å²) in [5.74, 6) is 0.155. The highest BCUT2D eigenvalue weighted by Gasteiger charge is 2.32. The van der Waals surface area contributed by atoms with Crippen molar-refractivity contribution >= 4 is 27.7 Å². The quantitative estimate of drug-likeness (QED) is 0.483. The minimum Gasteiger partial charge on any atom is -0.460 e. The molecule has 0 N–H and O–H groups in total. The molecule has 1 aliphatic rings. The Morgan fingerprint density at radius 1 is 1.33 bits per heavy atom. The second kappa shape index (κ2) is 5.39. The third-order valence-electron chi connectivity index (χ3n) is 2.33. The summed E-state index contributed by atoms with van der Waals surface area (Å²) in [6.45, 7) is 1.96. The topological polar surface area (TPSA) is 61.8 Å². The molecule has 6 heteroatoms. The summed E-state index contributed by atoms with van der Waals surface area (Å²) in [6, 6.07) is 4.78. The Balaban J connectivity index is 2.15. The Hall–Kier alpha value is -1.56. The van der Waals surface area contributed by atoms with Crippen LogP contribution in [0.3, 0.4) is 0 Å². The fourth-order valence-electron chi connectivity index (χ4n) is 1.51. The Kier molecular flexibility index (Phi) is 3.86. The number of carbonyl (C=O) groups is 2. The summed E-state index contributed by atoms with van der Waals surface area (Å²) in [6.07, 6.45) is -1.09. The van der Waals surface area contributed by atoms with Crippen LogP contribution in [0.5, 0.6) is 11.5 Å². The molecule has 1 heterocycles. The second-order valence-corrected chi connectivity index (χ2v) is 4.10. The number of carbonyl (C=O) groups excluding carboxylic acids is 2. The van der Waals surface area contributed by atoms with Crippen molar-refractivity contribution in [3.05, 3.63) is 23.8 Å². The van der Waals surface area contributed by atoms with Crippen LogP contribution in [-0.2, 0) is 9.53 Å². The van der Waals surface area contributed by atoms with Gasteiger partial charge in [-0.15, -0.1) is 0 Å². The summed E-state index contributed by atoms with van der Waals surface area (Å²) in [5, 5.41) is 0.230. The summed E-state index contributed by atoms with van der Waals surface area (Å²) in [7, 11) is 0. The first-order chi connectivity index (χ1) is 8.65. The average molecular weight is 315 g/mol. The first kappa shape index (κ1) is 12.9. The van der Waals surface area contributed by atoms with E-state index in [2.05, 4.69) is 15.9 Å². The number of halogens is 1. The number of ketones is 1. The van der Waals surface area contributed by atoms with Gasteiger partial charge in [0.05, 0.1) is 11.9 Å². The summed E-state index contributed by atoms with van der Waals surface area (Å²) in [5.41, 5.74) is 0.499. The molecule has 1 aromatic rings.